The summed E-state index contributed by atoms with van der Waals surface area (Å²) in [4.78, 5) is 37.5. The SMILES string of the molecule is COC(=O)CNC(=O)N1CCCC(c2nnc(C(=O)Nc3ccc(C)cc3)s2)C1. The topological polar surface area (TPSA) is 114 Å². The summed E-state index contributed by atoms with van der Waals surface area (Å²) in [7, 11) is 1.27. The first-order valence-corrected chi connectivity index (χ1v) is 10.1. The van der Waals surface area contributed by atoms with Crippen molar-refractivity contribution in [2.45, 2.75) is 25.7 Å². The Kier molecular flexibility index (Phi) is 6.76. The summed E-state index contributed by atoms with van der Waals surface area (Å²) in [5.74, 6) is -0.799. The maximum Gasteiger partial charge on any atom is 0.325 e. The zero-order chi connectivity index (χ0) is 20.8. The van der Waals surface area contributed by atoms with E-state index in [4.69, 9.17) is 0 Å². The highest BCUT2D eigenvalue weighted by Gasteiger charge is 2.28. The van der Waals surface area contributed by atoms with Crippen molar-refractivity contribution in [2.75, 3.05) is 32.1 Å². The Labute approximate surface area is 172 Å². The number of nitrogens with zero attached hydrogens (tertiary/aromatic N) is 3. The zero-order valence-corrected chi connectivity index (χ0v) is 17.1. The first kappa shape index (κ1) is 20.7. The van der Waals surface area contributed by atoms with Gasteiger partial charge in [0.05, 0.1) is 7.11 Å². The van der Waals surface area contributed by atoms with Crippen LogP contribution in [0, 0.1) is 6.92 Å². The molecule has 1 aliphatic rings. The number of amides is 3. The number of rotatable bonds is 5. The fourth-order valence-electron chi connectivity index (χ4n) is 3.01. The Bertz CT molecular complexity index is 883. The van der Waals surface area contributed by atoms with Crippen LogP contribution in [0.15, 0.2) is 24.3 Å². The number of carbonyl (C=O) groups excluding carboxylic acids is 3. The van der Waals surface area contributed by atoms with Crippen LogP contribution >= 0.6 is 11.3 Å². The molecule has 154 valence electrons. The van der Waals surface area contributed by atoms with Crippen LogP contribution < -0.4 is 10.6 Å². The second kappa shape index (κ2) is 9.46. The Morgan fingerprint density at radius 1 is 1.24 bits per heavy atom. The minimum Gasteiger partial charge on any atom is -0.468 e. The lowest BCUT2D eigenvalue weighted by molar-refractivity contribution is -0.139. The number of benzene rings is 1. The van der Waals surface area contributed by atoms with Crippen molar-refractivity contribution >= 4 is 34.9 Å². The van der Waals surface area contributed by atoms with E-state index in [0.717, 1.165) is 23.4 Å². The number of anilines is 1. The summed E-state index contributed by atoms with van der Waals surface area (Å²) in [6, 6.07) is 7.19. The van der Waals surface area contributed by atoms with E-state index in [1.165, 1.54) is 18.4 Å². The van der Waals surface area contributed by atoms with Gasteiger partial charge >= 0.3 is 12.0 Å². The van der Waals surface area contributed by atoms with Crippen molar-refractivity contribution in [1.29, 1.82) is 0 Å². The molecule has 1 unspecified atom stereocenters. The molecule has 10 heteroatoms. The summed E-state index contributed by atoms with van der Waals surface area (Å²) in [6.07, 6.45) is 1.66. The predicted octanol–water partition coefficient (Wildman–Crippen LogP) is 2.16. The number of ether oxygens (including phenoxy) is 1. The Hall–Kier alpha value is -3.01. The van der Waals surface area contributed by atoms with E-state index in [-0.39, 0.29) is 29.4 Å². The third-order valence-corrected chi connectivity index (χ3v) is 5.70. The largest absolute Gasteiger partial charge is 0.468 e. The number of hydrogen-bond acceptors (Lipinski definition) is 7. The molecule has 1 aromatic carbocycles. The summed E-state index contributed by atoms with van der Waals surface area (Å²) in [6.45, 7) is 2.87. The highest BCUT2D eigenvalue weighted by atomic mass is 32.1. The first-order chi connectivity index (χ1) is 14.0. The summed E-state index contributed by atoms with van der Waals surface area (Å²) < 4.78 is 4.53. The summed E-state index contributed by atoms with van der Waals surface area (Å²) >= 11 is 1.24. The van der Waals surface area contributed by atoms with Gasteiger partial charge in [-0.1, -0.05) is 29.0 Å². The third-order valence-electron chi connectivity index (χ3n) is 4.61. The van der Waals surface area contributed by atoms with Gasteiger partial charge in [0.1, 0.15) is 11.6 Å². The third kappa shape index (κ3) is 5.50. The highest BCUT2D eigenvalue weighted by molar-refractivity contribution is 7.13. The van der Waals surface area contributed by atoms with Crippen molar-refractivity contribution in [3.05, 3.63) is 39.8 Å². The van der Waals surface area contributed by atoms with Crippen molar-refractivity contribution in [1.82, 2.24) is 20.4 Å². The van der Waals surface area contributed by atoms with Crippen molar-refractivity contribution in [2.24, 2.45) is 0 Å². The minimum absolute atomic E-state index is 0.00560. The molecule has 0 saturated carbocycles. The van der Waals surface area contributed by atoms with E-state index < -0.39 is 5.97 Å². The molecule has 0 radical (unpaired) electrons. The fraction of sp³-hybridized carbons (Fsp3) is 0.421. The maximum atomic E-state index is 12.4. The van der Waals surface area contributed by atoms with Crippen molar-refractivity contribution in [3.8, 4) is 0 Å². The molecule has 3 rings (SSSR count). The number of aryl methyl sites for hydroxylation is 1. The molecule has 2 aromatic rings. The van der Waals surface area contributed by atoms with Crippen molar-refractivity contribution in [3.63, 3.8) is 0 Å². The molecule has 9 nitrogen and oxygen atoms in total. The Balaban J connectivity index is 1.58. The number of carbonyl (C=O) groups is 3. The van der Waals surface area contributed by atoms with Crippen LogP contribution in [0.2, 0.25) is 0 Å². The Morgan fingerprint density at radius 3 is 2.72 bits per heavy atom. The normalized spacial score (nSPS) is 16.2. The molecule has 0 aliphatic carbocycles. The molecule has 1 aliphatic heterocycles. The maximum absolute atomic E-state index is 12.4. The molecule has 1 saturated heterocycles. The Morgan fingerprint density at radius 2 is 2.00 bits per heavy atom. The van der Waals surface area contributed by atoms with Gasteiger partial charge in [0.25, 0.3) is 5.91 Å². The van der Waals surface area contributed by atoms with Crippen LogP contribution in [0.4, 0.5) is 10.5 Å². The number of methoxy groups -OCH3 is 1. The van der Waals surface area contributed by atoms with E-state index in [9.17, 15) is 14.4 Å². The number of nitrogens with one attached hydrogen (secondary N) is 2. The van der Waals surface area contributed by atoms with Gasteiger partial charge in [0, 0.05) is 24.7 Å². The molecule has 1 aromatic heterocycles. The smallest absolute Gasteiger partial charge is 0.325 e. The number of aromatic nitrogens is 2. The predicted molar refractivity (Wildman–Crippen MR) is 108 cm³/mol. The lowest BCUT2D eigenvalue weighted by Gasteiger charge is -2.31. The fourth-order valence-corrected chi connectivity index (χ4v) is 3.87. The summed E-state index contributed by atoms with van der Waals surface area (Å²) in [5.41, 5.74) is 1.81. The number of piperidine rings is 1. The molecule has 3 amide bonds. The monoisotopic (exact) mass is 417 g/mol. The van der Waals surface area contributed by atoms with Gasteiger partial charge in [0.15, 0.2) is 0 Å². The molecule has 2 heterocycles. The standard InChI is InChI=1S/C19H23N5O4S/c1-12-5-7-14(8-6-12)21-16(26)18-23-22-17(29-18)13-4-3-9-24(11-13)19(27)20-10-15(25)28-2/h5-8,13H,3-4,9-11H2,1-2H3,(H,20,27)(H,21,26). The van der Waals surface area contributed by atoms with Gasteiger partial charge in [-0.25, -0.2) is 4.79 Å². The number of likely N-dealkylation sites (tertiary alicyclic amines) is 1. The number of esters is 1. The lowest BCUT2D eigenvalue weighted by atomic mass is 9.99. The molecular formula is C19H23N5O4S. The second-order valence-corrected chi connectivity index (χ2v) is 7.79. The molecule has 0 bridgehead atoms. The van der Waals surface area contributed by atoms with E-state index in [2.05, 4.69) is 25.6 Å². The van der Waals surface area contributed by atoms with E-state index in [0.29, 0.717) is 18.8 Å². The minimum atomic E-state index is -0.500. The molecule has 1 fully saturated rings. The highest BCUT2D eigenvalue weighted by Crippen LogP contribution is 2.29. The van der Waals surface area contributed by atoms with Gasteiger partial charge in [-0.05, 0) is 31.9 Å². The van der Waals surface area contributed by atoms with Gasteiger partial charge in [-0.15, -0.1) is 10.2 Å². The first-order valence-electron chi connectivity index (χ1n) is 9.27. The molecule has 1 atom stereocenters. The van der Waals surface area contributed by atoms with Crippen LogP contribution in [0.1, 0.15) is 39.1 Å². The summed E-state index contributed by atoms with van der Waals surface area (Å²) in [5, 5.41) is 14.6. The quantitative estimate of drug-likeness (QED) is 0.721. The van der Waals surface area contributed by atoms with E-state index >= 15 is 0 Å². The van der Waals surface area contributed by atoms with E-state index in [1.54, 1.807) is 4.90 Å². The molecule has 0 spiro atoms. The molecule has 29 heavy (non-hydrogen) atoms. The van der Waals surface area contributed by atoms with Crippen LogP contribution in [-0.4, -0.2) is 59.7 Å². The van der Waals surface area contributed by atoms with Gasteiger partial charge in [-0.3, -0.25) is 9.59 Å². The second-order valence-electron chi connectivity index (χ2n) is 6.79. The zero-order valence-electron chi connectivity index (χ0n) is 16.3. The van der Waals surface area contributed by atoms with Crippen LogP contribution in [-0.2, 0) is 9.53 Å². The van der Waals surface area contributed by atoms with Crippen LogP contribution in [0.3, 0.4) is 0 Å². The lowest BCUT2D eigenvalue weighted by Crippen LogP contribution is -2.46. The molecular weight excluding hydrogens is 394 g/mol. The van der Waals surface area contributed by atoms with Crippen LogP contribution in [0.5, 0.6) is 0 Å². The average Bonchev–Trinajstić information content (AvgIpc) is 3.24. The van der Waals surface area contributed by atoms with Gasteiger partial charge < -0.3 is 20.3 Å². The molecule has 2 N–H and O–H groups in total. The number of hydrogen-bond donors (Lipinski definition) is 2. The number of urea groups is 1. The van der Waals surface area contributed by atoms with Gasteiger partial charge in [0.2, 0.25) is 5.01 Å². The van der Waals surface area contributed by atoms with E-state index in [1.807, 2.05) is 31.2 Å². The average molecular weight is 417 g/mol. The van der Waals surface area contributed by atoms with Crippen molar-refractivity contribution < 1.29 is 19.1 Å². The van der Waals surface area contributed by atoms with Gasteiger partial charge in [-0.2, -0.15) is 0 Å². The van der Waals surface area contributed by atoms with Crippen LogP contribution in [0.25, 0.3) is 0 Å².